The van der Waals surface area contributed by atoms with Crippen LogP contribution in [0.5, 0.6) is 0 Å². The highest BCUT2D eigenvalue weighted by molar-refractivity contribution is 7.89. The monoisotopic (exact) mass is 817 g/mol. The number of pyridine rings is 1. The summed E-state index contributed by atoms with van der Waals surface area (Å²) in [5, 5.41) is 14.3. The van der Waals surface area contributed by atoms with Crippen LogP contribution in [0.1, 0.15) is 64.0 Å². The lowest BCUT2D eigenvalue weighted by Gasteiger charge is -2.34. The minimum absolute atomic E-state index is 0.0904. The van der Waals surface area contributed by atoms with Crippen LogP contribution in [-0.2, 0) is 51.4 Å². The van der Waals surface area contributed by atoms with E-state index in [-0.39, 0.29) is 23.2 Å². The van der Waals surface area contributed by atoms with E-state index in [9.17, 15) is 55.5 Å². The van der Waals surface area contributed by atoms with Gasteiger partial charge < -0.3 is 32.1 Å². The van der Waals surface area contributed by atoms with Crippen LogP contribution in [0.2, 0.25) is 5.02 Å². The van der Waals surface area contributed by atoms with Crippen LogP contribution < -0.4 is 22.1 Å². The molecule has 0 bridgehead atoms. The highest BCUT2D eigenvalue weighted by Crippen LogP contribution is 2.37. The summed E-state index contributed by atoms with van der Waals surface area (Å²) < 4.78 is 69.6. The molecule has 1 aromatic heterocycles. The number of halogens is 4. The van der Waals surface area contributed by atoms with E-state index in [4.69, 9.17) is 23.1 Å². The van der Waals surface area contributed by atoms with Crippen molar-refractivity contribution >= 4 is 57.1 Å². The number of likely N-dealkylation sites (tertiary alicyclic amines) is 1. The standard InChI is InChI=1S/C34H43ClF3N7O9S/c1-18(2)29(32(50)44-14-4-5-21(44)16-28(40)47)43-31(49)25(15-20-10-12-41-13-11-20)42-30(48)19(3)45(26(33(51)52)8-9-27(39)46)55(53,54)22-6-7-24(35)23(17-22)34(36,37)38/h6-7,10-13,17-19,21,25-26,29H,4-5,8-9,14-16H2,1-3H3,(H2,39,46)(H2,40,47)(H,42,48)(H,43,49)(H,51,52)/t19-,21-,25-,26-,29-/m0/s1. The first-order valence-corrected chi connectivity index (χ1v) is 18.9. The van der Waals surface area contributed by atoms with Gasteiger partial charge in [-0.15, -0.1) is 0 Å². The lowest BCUT2D eigenvalue weighted by atomic mass is 9.99. The largest absolute Gasteiger partial charge is 0.480 e. The second-order valence-corrected chi connectivity index (χ2v) is 15.6. The quantitative estimate of drug-likeness (QED) is 0.145. The maximum atomic E-state index is 14.1. The number of carbonyl (C=O) groups is 6. The summed E-state index contributed by atoms with van der Waals surface area (Å²) in [6.07, 6.45) is -3.06. The van der Waals surface area contributed by atoms with Crippen LogP contribution in [-0.4, -0.2) is 100.0 Å². The van der Waals surface area contributed by atoms with Gasteiger partial charge in [-0.25, -0.2) is 8.42 Å². The number of hydrogen-bond acceptors (Lipinski definition) is 9. The topological polar surface area (TPSA) is 252 Å². The number of aromatic nitrogens is 1. The fourth-order valence-corrected chi connectivity index (χ4v) is 8.19. The molecule has 2 heterocycles. The summed E-state index contributed by atoms with van der Waals surface area (Å²) in [6.45, 7) is 4.56. The number of aliphatic carboxylic acids is 1. The minimum atomic E-state index is -5.33. The fourth-order valence-electron chi connectivity index (χ4n) is 6.18. The number of primary amides is 2. The molecule has 7 N–H and O–H groups in total. The zero-order valence-corrected chi connectivity index (χ0v) is 31.7. The Kier molecular flexibility index (Phi) is 15.1. The van der Waals surface area contributed by atoms with E-state index in [1.807, 2.05) is 0 Å². The highest BCUT2D eigenvalue weighted by atomic mass is 35.5. The first kappa shape index (κ1) is 44.6. The zero-order chi connectivity index (χ0) is 41.4. The Bertz CT molecular complexity index is 1870. The fraction of sp³-hybridized carbons (Fsp3) is 0.500. The van der Waals surface area contributed by atoms with Crippen molar-refractivity contribution in [3.63, 3.8) is 0 Å². The van der Waals surface area contributed by atoms with Gasteiger partial charge in [0.1, 0.15) is 24.2 Å². The molecule has 302 valence electrons. The summed E-state index contributed by atoms with van der Waals surface area (Å²) in [7, 11) is -5.33. The van der Waals surface area contributed by atoms with Crippen molar-refractivity contribution in [3.8, 4) is 0 Å². The molecule has 21 heteroatoms. The third-order valence-corrected chi connectivity index (χ3v) is 11.3. The third-order valence-electron chi connectivity index (χ3n) is 8.99. The Hall–Kier alpha value is -4.82. The van der Waals surface area contributed by atoms with Gasteiger partial charge in [-0.3, -0.25) is 33.8 Å². The predicted molar refractivity (Wildman–Crippen MR) is 190 cm³/mol. The van der Waals surface area contributed by atoms with Gasteiger partial charge in [-0.2, -0.15) is 17.5 Å². The molecule has 0 spiro atoms. The molecule has 0 aliphatic carbocycles. The van der Waals surface area contributed by atoms with E-state index in [1.54, 1.807) is 13.8 Å². The van der Waals surface area contributed by atoms with Gasteiger partial charge in [0.15, 0.2) is 0 Å². The maximum absolute atomic E-state index is 14.1. The second kappa shape index (κ2) is 18.7. The lowest BCUT2D eigenvalue weighted by Crippen LogP contribution is -2.60. The van der Waals surface area contributed by atoms with Crippen molar-refractivity contribution in [2.75, 3.05) is 6.54 Å². The molecule has 0 unspecified atom stereocenters. The van der Waals surface area contributed by atoms with Crippen molar-refractivity contribution < 1.29 is 55.5 Å². The molecule has 1 saturated heterocycles. The Morgan fingerprint density at radius 3 is 2.20 bits per heavy atom. The van der Waals surface area contributed by atoms with Crippen LogP contribution in [0, 0.1) is 5.92 Å². The number of benzene rings is 1. The molecule has 2 aromatic rings. The van der Waals surface area contributed by atoms with E-state index in [0.29, 0.717) is 37.1 Å². The van der Waals surface area contributed by atoms with Gasteiger partial charge in [0.05, 0.1) is 15.5 Å². The molecular formula is C34H43ClF3N7O9S. The zero-order valence-electron chi connectivity index (χ0n) is 30.1. The first-order chi connectivity index (χ1) is 25.6. The van der Waals surface area contributed by atoms with Crippen molar-refractivity contribution in [3.05, 3.63) is 58.9 Å². The van der Waals surface area contributed by atoms with Gasteiger partial charge in [0.25, 0.3) is 0 Å². The average molecular weight is 818 g/mol. The number of sulfonamides is 1. The van der Waals surface area contributed by atoms with Crippen molar-refractivity contribution in [1.29, 1.82) is 0 Å². The Balaban J connectivity index is 2.06. The number of carboxylic acid groups (broad SMARTS) is 1. The Labute approximate surface area is 320 Å². The number of nitrogens with two attached hydrogens (primary N) is 2. The smallest absolute Gasteiger partial charge is 0.417 e. The second-order valence-electron chi connectivity index (χ2n) is 13.4. The number of alkyl halides is 3. The van der Waals surface area contributed by atoms with Gasteiger partial charge in [0.2, 0.25) is 39.6 Å². The van der Waals surface area contributed by atoms with Crippen LogP contribution in [0.3, 0.4) is 0 Å². The van der Waals surface area contributed by atoms with Gasteiger partial charge in [-0.1, -0.05) is 25.4 Å². The SMILES string of the molecule is CC(C)[C@H](NC(=O)[C@H](Cc1ccncc1)NC(=O)[C@H](C)N([C@@H](CCC(N)=O)C(=O)O)S(=O)(=O)c1ccc(Cl)c(C(F)(F)F)c1)C(=O)N1CCC[C@H]1CC(N)=O. The molecule has 5 atom stereocenters. The Morgan fingerprint density at radius 2 is 1.65 bits per heavy atom. The van der Waals surface area contributed by atoms with Crippen LogP contribution >= 0.6 is 11.6 Å². The summed E-state index contributed by atoms with van der Waals surface area (Å²) in [5.41, 5.74) is 9.45. The van der Waals surface area contributed by atoms with Crippen molar-refractivity contribution in [1.82, 2.24) is 24.8 Å². The number of carbonyl (C=O) groups excluding carboxylic acids is 5. The third kappa shape index (κ3) is 11.6. The maximum Gasteiger partial charge on any atom is 0.417 e. The van der Waals surface area contributed by atoms with E-state index in [1.165, 1.54) is 29.4 Å². The minimum Gasteiger partial charge on any atom is -0.480 e. The molecule has 0 radical (unpaired) electrons. The van der Waals surface area contributed by atoms with Crippen LogP contribution in [0.15, 0.2) is 47.6 Å². The normalized spacial score (nSPS) is 17.0. The van der Waals surface area contributed by atoms with E-state index < -0.39 is 116 Å². The van der Waals surface area contributed by atoms with Gasteiger partial charge >= 0.3 is 12.1 Å². The number of amides is 5. The molecule has 1 aromatic carbocycles. The van der Waals surface area contributed by atoms with Crippen molar-refractivity contribution in [2.24, 2.45) is 17.4 Å². The van der Waals surface area contributed by atoms with Crippen LogP contribution in [0.25, 0.3) is 0 Å². The molecule has 5 amide bonds. The number of rotatable bonds is 18. The summed E-state index contributed by atoms with van der Waals surface area (Å²) >= 11 is 5.69. The van der Waals surface area contributed by atoms with E-state index in [2.05, 4.69) is 15.6 Å². The van der Waals surface area contributed by atoms with Gasteiger partial charge in [0, 0.05) is 44.2 Å². The number of hydrogen-bond donors (Lipinski definition) is 5. The molecule has 1 fully saturated rings. The lowest BCUT2D eigenvalue weighted by molar-refractivity contribution is -0.143. The number of carboxylic acids is 1. The predicted octanol–water partition coefficient (Wildman–Crippen LogP) is 1.59. The van der Waals surface area contributed by atoms with Crippen LogP contribution in [0.4, 0.5) is 13.2 Å². The summed E-state index contributed by atoms with van der Waals surface area (Å²) in [4.78, 5) is 81.8. The van der Waals surface area contributed by atoms with E-state index in [0.717, 1.165) is 6.92 Å². The first-order valence-electron chi connectivity index (χ1n) is 17.1. The molecule has 16 nitrogen and oxygen atoms in total. The molecular weight excluding hydrogens is 775 g/mol. The average Bonchev–Trinajstić information content (AvgIpc) is 3.54. The number of nitrogens with zero attached hydrogens (tertiary/aromatic N) is 3. The summed E-state index contributed by atoms with van der Waals surface area (Å²) in [6, 6.07) is -2.92. The van der Waals surface area contributed by atoms with Crippen molar-refractivity contribution in [2.45, 2.75) is 101 Å². The molecule has 1 aliphatic heterocycles. The number of nitrogens with one attached hydrogen (secondary N) is 2. The van der Waals surface area contributed by atoms with Gasteiger partial charge in [-0.05, 0) is 68.0 Å². The molecule has 55 heavy (non-hydrogen) atoms. The van der Waals surface area contributed by atoms with E-state index >= 15 is 0 Å². The highest BCUT2D eigenvalue weighted by Gasteiger charge is 2.44. The molecule has 3 rings (SSSR count). The molecule has 1 aliphatic rings. The molecule has 0 saturated carbocycles. The summed E-state index contributed by atoms with van der Waals surface area (Å²) in [5.74, 6) is -6.70. The Morgan fingerprint density at radius 1 is 1.02 bits per heavy atom.